The minimum absolute atomic E-state index is 0.0125. The number of halogens is 1. The fraction of sp³-hybridized carbons (Fsp3) is 0.562. The van der Waals surface area contributed by atoms with Gasteiger partial charge in [-0.15, -0.1) is 0 Å². The zero-order valence-corrected chi connectivity index (χ0v) is 42.5. The number of benzene rings is 3. The molecule has 0 radical (unpaired) electrons. The summed E-state index contributed by atoms with van der Waals surface area (Å²) in [5, 5.41) is 30.3. The van der Waals surface area contributed by atoms with E-state index in [9.17, 15) is 31.7 Å². The topological polar surface area (TPSA) is 262 Å². The smallest absolute Gasteiger partial charge is 0.314 e. The van der Waals surface area contributed by atoms with Crippen LogP contribution in [0.2, 0.25) is 5.02 Å². The number of nitriles is 1. The number of fused-ring (bicyclic) bond motifs is 1. The van der Waals surface area contributed by atoms with Gasteiger partial charge in [0, 0.05) is 89.6 Å². The summed E-state index contributed by atoms with van der Waals surface area (Å²) in [5.41, 5.74) is 3.15. The first kappa shape index (κ1) is 54.1. The van der Waals surface area contributed by atoms with Gasteiger partial charge >= 0.3 is 12.1 Å². The molecule has 8 N–H and O–H groups in total. The molecule has 20 nitrogen and oxygen atoms in total. The Bertz CT molecular complexity index is 2510. The van der Waals surface area contributed by atoms with E-state index in [-0.39, 0.29) is 46.0 Å². The lowest BCUT2D eigenvalue weighted by Gasteiger charge is -2.36. The van der Waals surface area contributed by atoms with Gasteiger partial charge in [-0.3, -0.25) is 9.80 Å². The summed E-state index contributed by atoms with van der Waals surface area (Å²) in [6.07, 6.45) is 3.18. The molecule has 0 aromatic heterocycles. The number of rotatable bonds is 25. The van der Waals surface area contributed by atoms with Crippen LogP contribution in [0.4, 0.5) is 9.59 Å². The number of nitrogens with two attached hydrogens (primary N) is 1. The molecule has 0 unspecified atom stereocenters. The zero-order valence-electron chi connectivity index (χ0n) is 40.1. The summed E-state index contributed by atoms with van der Waals surface area (Å²) in [5.74, 6) is 0.625. The fourth-order valence-electron chi connectivity index (χ4n) is 9.71. The fourth-order valence-corrected chi connectivity index (χ4v) is 12.0. The third-order valence-electron chi connectivity index (χ3n) is 13.3. The Labute approximate surface area is 422 Å². The van der Waals surface area contributed by atoms with Crippen molar-refractivity contribution in [1.29, 1.82) is 5.26 Å². The van der Waals surface area contributed by atoms with E-state index in [4.69, 9.17) is 31.0 Å². The Balaban J connectivity index is 0.681. The molecule has 388 valence electrons. The summed E-state index contributed by atoms with van der Waals surface area (Å²) in [6.45, 7) is 10.9. The van der Waals surface area contributed by atoms with Crippen LogP contribution in [0, 0.1) is 11.3 Å². The molecule has 3 aromatic rings. The van der Waals surface area contributed by atoms with Crippen molar-refractivity contribution in [2.75, 3.05) is 118 Å². The number of hydrogen-bond acceptors (Lipinski definition) is 14. The summed E-state index contributed by atoms with van der Waals surface area (Å²) in [4.78, 5) is 31.4. The monoisotopic (exact) mass is 1040 g/mol. The number of nitrogens with zero attached hydrogens (tertiary/aromatic N) is 4. The summed E-state index contributed by atoms with van der Waals surface area (Å²) in [6, 6.07) is 18.4. The van der Waals surface area contributed by atoms with Crippen LogP contribution >= 0.6 is 11.6 Å². The average molecular weight is 1040 g/mol. The van der Waals surface area contributed by atoms with Crippen LogP contribution in [-0.4, -0.2) is 174 Å². The maximum absolute atomic E-state index is 13.4. The van der Waals surface area contributed by atoms with Crippen LogP contribution in [-0.2, 0) is 35.9 Å². The number of primary sulfonamides is 1. The molecule has 0 bridgehead atoms. The van der Waals surface area contributed by atoms with Gasteiger partial charge in [-0.1, -0.05) is 29.8 Å². The Hall–Kier alpha value is -4.64. The molecular weight excluding hydrogens is 974 g/mol. The van der Waals surface area contributed by atoms with Crippen LogP contribution in [0.1, 0.15) is 60.0 Å². The average Bonchev–Trinajstić information content (AvgIpc) is 4.11. The first-order chi connectivity index (χ1) is 34.3. The van der Waals surface area contributed by atoms with Gasteiger partial charge in [-0.2, -0.15) is 5.26 Å². The third kappa shape index (κ3) is 15.9. The SMILES string of the molecule is N#Cc1cc(Cl)cc2c1C[C@H](N1CCNCC1)[C@H]2Oc1ccc(S(=O)(=O)N[C@H]2CCN(CCOCCNC(=O)NCCCCNC(=O)NCCOCCN3CC[C@@H](c4ccccc4S(N)(=O)=O)C3)C2)cc1. The highest BCUT2D eigenvalue weighted by atomic mass is 35.5. The van der Waals surface area contributed by atoms with Crippen molar-refractivity contribution in [1.82, 2.24) is 46.0 Å². The van der Waals surface area contributed by atoms with Crippen molar-refractivity contribution in [3.8, 4) is 11.8 Å². The second kappa shape index (κ2) is 26.4. The molecule has 1 aliphatic carbocycles. The van der Waals surface area contributed by atoms with Crippen molar-refractivity contribution in [2.45, 2.75) is 66.0 Å². The molecule has 3 saturated heterocycles. The van der Waals surface area contributed by atoms with Crippen molar-refractivity contribution in [2.24, 2.45) is 5.14 Å². The molecule has 71 heavy (non-hydrogen) atoms. The van der Waals surface area contributed by atoms with Gasteiger partial charge < -0.3 is 45.7 Å². The molecule has 3 fully saturated rings. The quantitative estimate of drug-likeness (QED) is 0.0600. The number of likely N-dealkylation sites (tertiary alicyclic amines) is 2. The second-order valence-corrected chi connectivity index (χ2v) is 22.0. The minimum atomic E-state index is -3.79. The Kier molecular flexibility index (Phi) is 20.1. The molecule has 4 amide bonds. The lowest BCUT2D eigenvalue weighted by Crippen LogP contribution is -2.50. The number of nitrogens with one attached hydrogen (secondary N) is 6. The first-order valence-electron chi connectivity index (χ1n) is 24.5. The van der Waals surface area contributed by atoms with Crippen molar-refractivity contribution < 1.29 is 40.6 Å². The van der Waals surface area contributed by atoms with E-state index in [0.717, 1.165) is 68.9 Å². The van der Waals surface area contributed by atoms with Gasteiger partial charge in [-0.05, 0) is 110 Å². The van der Waals surface area contributed by atoms with E-state index >= 15 is 0 Å². The number of piperazine rings is 1. The van der Waals surface area contributed by atoms with Crippen LogP contribution < -0.4 is 41.2 Å². The molecular formula is C48H68ClN11O9S2. The predicted octanol–water partition coefficient (Wildman–Crippen LogP) is 2.06. The van der Waals surface area contributed by atoms with Crippen molar-refractivity contribution in [3.05, 3.63) is 87.9 Å². The van der Waals surface area contributed by atoms with Gasteiger partial charge in [0.05, 0.1) is 53.9 Å². The molecule has 4 atom stereocenters. The zero-order chi connectivity index (χ0) is 50.2. The number of unbranched alkanes of at least 4 members (excludes halogenated alkanes) is 1. The molecule has 3 aromatic carbocycles. The molecule has 7 rings (SSSR count). The second-order valence-electron chi connectivity index (χ2n) is 18.3. The molecule has 23 heteroatoms. The number of amides is 4. The first-order valence-corrected chi connectivity index (χ1v) is 27.9. The van der Waals surface area contributed by atoms with Gasteiger partial charge in [0.25, 0.3) is 0 Å². The van der Waals surface area contributed by atoms with E-state index < -0.39 is 20.0 Å². The normalized spacial score (nSPS) is 20.9. The summed E-state index contributed by atoms with van der Waals surface area (Å²) < 4.78 is 71.7. The number of carbonyl (C=O) groups is 2. The van der Waals surface area contributed by atoms with E-state index in [2.05, 4.69) is 52.1 Å². The predicted molar refractivity (Wildman–Crippen MR) is 268 cm³/mol. The lowest BCUT2D eigenvalue weighted by atomic mass is 9.98. The number of carbonyl (C=O) groups excluding carboxylic acids is 2. The molecule has 0 spiro atoms. The third-order valence-corrected chi connectivity index (χ3v) is 16.1. The number of hydrogen-bond donors (Lipinski definition) is 7. The van der Waals surface area contributed by atoms with Crippen molar-refractivity contribution >= 4 is 43.7 Å². The lowest BCUT2D eigenvalue weighted by molar-refractivity contribution is 0.0693. The Morgan fingerprint density at radius 3 is 2.04 bits per heavy atom. The van der Waals surface area contributed by atoms with Crippen LogP contribution in [0.3, 0.4) is 0 Å². The molecule has 0 saturated carbocycles. The van der Waals surface area contributed by atoms with E-state index in [1.165, 1.54) is 0 Å². The Morgan fingerprint density at radius 2 is 1.39 bits per heavy atom. The highest BCUT2D eigenvalue weighted by Gasteiger charge is 2.40. The summed E-state index contributed by atoms with van der Waals surface area (Å²) in [7, 11) is -7.57. The molecule has 4 aliphatic rings. The van der Waals surface area contributed by atoms with E-state index in [0.29, 0.717) is 114 Å². The van der Waals surface area contributed by atoms with Gasteiger partial charge in [-0.25, -0.2) is 36.3 Å². The van der Waals surface area contributed by atoms with Gasteiger partial charge in [0.2, 0.25) is 20.0 Å². The minimum Gasteiger partial charge on any atom is -0.484 e. The van der Waals surface area contributed by atoms with Crippen LogP contribution in [0.5, 0.6) is 5.75 Å². The largest absolute Gasteiger partial charge is 0.484 e. The summed E-state index contributed by atoms with van der Waals surface area (Å²) >= 11 is 6.43. The maximum atomic E-state index is 13.4. The number of ether oxygens (including phenoxy) is 3. The number of sulfonamides is 2. The Morgan fingerprint density at radius 1 is 0.775 bits per heavy atom. The number of urea groups is 2. The highest BCUT2D eigenvalue weighted by Crippen LogP contribution is 2.41. The van der Waals surface area contributed by atoms with E-state index in [1.807, 2.05) is 18.2 Å². The maximum Gasteiger partial charge on any atom is 0.314 e. The highest BCUT2D eigenvalue weighted by molar-refractivity contribution is 7.89. The molecule has 3 heterocycles. The van der Waals surface area contributed by atoms with Gasteiger partial charge in [0.15, 0.2) is 0 Å². The van der Waals surface area contributed by atoms with Gasteiger partial charge in [0.1, 0.15) is 11.9 Å². The standard InChI is InChI=1S/C48H68ClN11O9S2/c49-37-29-36(32-50)42-31-44(60-21-15-52-16-22-60)46(43(42)30-37)69-39-7-9-40(10-8-39)71(65,66)57-38-12-20-59(34-38)24-28-68-26-18-56-48(62)54-14-4-3-13-53-47(61)55-17-25-67-27-23-58-19-11-35(33-58)41-5-1-2-6-45(41)70(51,63)64/h1-2,5-10,29-30,35,38,44,46,52,57H,3-4,11-28,31,33-34H2,(H2,51,63,64)(H2,53,55,61)(H2,54,56,62)/t35-,38+,44+,46+/m1/s1. The van der Waals surface area contributed by atoms with Crippen molar-refractivity contribution in [3.63, 3.8) is 0 Å². The van der Waals surface area contributed by atoms with Crippen LogP contribution in [0.15, 0.2) is 70.5 Å². The molecule has 3 aliphatic heterocycles. The van der Waals surface area contributed by atoms with Crippen LogP contribution in [0.25, 0.3) is 0 Å². The van der Waals surface area contributed by atoms with E-state index in [1.54, 1.807) is 42.5 Å².